The maximum atomic E-state index is 16.7. The van der Waals surface area contributed by atoms with Gasteiger partial charge in [-0.2, -0.15) is 23.1 Å². The van der Waals surface area contributed by atoms with Crippen LogP contribution in [0.25, 0.3) is 32.8 Å². The first-order valence-electron chi connectivity index (χ1n) is 15.9. The molecule has 248 valence electrons. The van der Waals surface area contributed by atoms with Gasteiger partial charge in [-0.05, 0) is 79.3 Å². The summed E-state index contributed by atoms with van der Waals surface area (Å²) >= 11 is 0. The highest BCUT2D eigenvalue weighted by atomic mass is 19.4. The quantitative estimate of drug-likeness (QED) is 0.223. The van der Waals surface area contributed by atoms with Gasteiger partial charge in [0, 0.05) is 42.4 Å². The second-order valence-electron chi connectivity index (χ2n) is 13.5. The van der Waals surface area contributed by atoms with E-state index in [2.05, 4.69) is 9.97 Å². The third-order valence-corrected chi connectivity index (χ3v) is 10.8. The molecule has 4 aliphatic rings. The van der Waals surface area contributed by atoms with Crippen LogP contribution in [0, 0.1) is 35.2 Å². The second-order valence-corrected chi connectivity index (χ2v) is 13.5. The molecule has 1 saturated carbocycles. The number of aromatic nitrogens is 2. The molecular formula is C34H31F7N4O2. The van der Waals surface area contributed by atoms with Crippen LogP contribution in [0.4, 0.5) is 36.6 Å². The molecule has 0 amide bonds. The number of alkyl halides is 4. The Labute approximate surface area is 265 Å². The van der Waals surface area contributed by atoms with Gasteiger partial charge in [0.15, 0.2) is 17.5 Å². The number of aromatic hydroxyl groups is 1. The molecule has 13 heteroatoms. The summed E-state index contributed by atoms with van der Waals surface area (Å²) < 4.78 is 109. The number of hydrogen-bond donors (Lipinski definition) is 1. The molecule has 3 aliphatic heterocycles. The molecule has 47 heavy (non-hydrogen) atoms. The standard InChI is InChI=1S/C34H31F7N4O2/c35-20-12-33(8-1-9-45(33)15-20)16-47-32-42-30-23(31(43-32)44-13-18-2-3-19(14-44)27(18)34(39,40)41)6-5-22(28(30)37)24-11-21(46)10-17-4-7-25(36)29(38)26(17)24/h4-7,10-11,18-20,27,46H,1-3,8-9,12-16H2/t18?,19?,20-,27?,33+/m1/s1. The topological polar surface area (TPSA) is 61.7 Å². The SMILES string of the molecule is Oc1cc(-c2ccc3c(N4CC5CCC(C4)C5C(F)(F)F)nc(OC[C@@]45CCCN4C[C@H](F)C5)nc3c2F)c2c(F)c(F)ccc2c1. The van der Waals surface area contributed by atoms with Crippen LogP contribution in [-0.4, -0.2) is 70.6 Å². The van der Waals surface area contributed by atoms with Gasteiger partial charge in [-0.1, -0.05) is 12.1 Å². The lowest BCUT2D eigenvalue weighted by Crippen LogP contribution is -2.47. The molecule has 1 aliphatic carbocycles. The second kappa shape index (κ2) is 10.8. The molecule has 8 rings (SSSR count). The number of nitrogens with zero attached hydrogens (tertiary/aromatic N) is 4. The minimum Gasteiger partial charge on any atom is -0.508 e. The highest BCUT2D eigenvalue weighted by molar-refractivity contribution is 6.01. The van der Waals surface area contributed by atoms with Crippen molar-refractivity contribution < 1.29 is 40.6 Å². The summed E-state index contributed by atoms with van der Waals surface area (Å²) in [5.41, 5.74) is -1.07. The summed E-state index contributed by atoms with van der Waals surface area (Å²) in [7, 11) is 0. The van der Waals surface area contributed by atoms with Crippen molar-refractivity contribution in [1.29, 1.82) is 0 Å². The number of ether oxygens (including phenoxy) is 1. The van der Waals surface area contributed by atoms with E-state index in [0.717, 1.165) is 25.1 Å². The Hall–Kier alpha value is -3.87. The number of piperidine rings is 1. The Kier molecular flexibility index (Phi) is 7.02. The van der Waals surface area contributed by atoms with Crippen molar-refractivity contribution in [1.82, 2.24) is 14.9 Å². The zero-order chi connectivity index (χ0) is 32.8. The maximum absolute atomic E-state index is 16.7. The zero-order valence-corrected chi connectivity index (χ0v) is 25.1. The molecule has 4 aromatic rings. The van der Waals surface area contributed by atoms with Gasteiger partial charge >= 0.3 is 12.2 Å². The lowest BCUT2D eigenvalue weighted by Gasteiger charge is -2.39. The molecule has 3 aromatic carbocycles. The molecule has 4 fully saturated rings. The molecule has 1 N–H and O–H groups in total. The van der Waals surface area contributed by atoms with Gasteiger partial charge in [-0.3, -0.25) is 4.90 Å². The Morgan fingerprint density at radius 1 is 0.936 bits per heavy atom. The van der Waals surface area contributed by atoms with Crippen molar-refractivity contribution in [2.24, 2.45) is 17.8 Å². The highest BCUT2D eigenvalue weighted by Gasteiger charge is 2.55. The number of phenolic OH excluding ortho intramolecular Hbond substituents is 1. The van der Waals surface area contributed by atoms with E-state index in [1.165, 1.54) is 24.3 Å². The van der Waals surface area contributed by atoms with Crippen LogP contribution in [0.1, 0.15) is 32.1 Å². The molecule has 3 saturated heterocycles. The lowest BCUT2D eigenvalue weighted by molar-refractivity contribution is -0.196. The van der Waals surface area contributed by atoms with Gasteiger partial charge < -0.3 is 14.7 Å². The number of fused-ring (bicyclic) bond motifs is 5. The average molecular weight is 661 g/mol. The number of anilines is 1. The summed E-state index contributed by atoms with van der Waals surface area (Å²) in [6, 6.07) is 7.19. The van der Waals surface area contributed by atoms with E-state index < -0.39 is 53.1 Å². The smallest absolute Gasteiger partial charge is 0.392 e. The molecule has 2 bridgehead atoms. The van der Waals surface area contributed by atoms with Crippen molar-refractivity contribution >= 4 is 27.5 Å². The summed E-state index contributed by atoms with van der Waals surface area (Å²) in [5.74, 6) is -6.11. The normalized spacial score (nSPS) is 27.7. The van der Waals surface area contributed by atoms with E-state index in [1.807, 2.05) is 4.90 Å². The lowest BCUT2D eigenvalue weighted by atomic mass is 9.84. The first-order valence-corrected chi connectivity index (χ1v) is 15.9. The van der Waals surface area contributed by atoms with Crippen molar-refractivity contribution in [3.8, 4) is 22.9 Å². The Bertz CT molecular complexity index is 1890. The minimum atomic E-state index is -4.33. The predicted octanol–water partition coefficient (Wildman–Crippen LogP) is 7.55. The molecule has 2 unspecified atom stereocenters. The monoisotopic (exact) mass is 660 g/mol. The van der Waals surface area contributed by atoms with Crippen molar-refractivity contribution in [2.75, 3.05) is 37.7 Å². The number of benzene rings is 3. The maximum Gasteiger partial charge on any atom is 0.392 e. The van der Waals surface area contributed by atoms with Crippen LogP contribution in [0.2, 0.25) is 0 Å². The molecule has 1 aromatic heterocycles. The largest absolute Gasteiger partial charge is 0.508 e. The molecule has 0 spiro atoms. The fourth-order valence-electron chi connectivity index (χ4n) is 8.81. The average Bonchev–Trinajstić information content (AvgIpc) is 3.64. The minimum absolute atomic E-state index is 0.0444. The summed E-state index contributed by atoms with van der Waals surface area (Å²) in [6.45, 7) is 1.16. The van der Waals surface area contributed by atoms with Gasteiger partial charge in [0.05, 0.1) is 11.5 Å². The zero-order valence-electron chi connectivity index (χ0n) is 25.1. The molecule has 6 nitrogen and oxygen atoms in total. The van der Waals surface area contributed by atoms with Crippen molar-refractivity contribution in [2.45, 2.75) is 50.0 Å². The first kappa shape index (κ1) is 30.5. The van der Waals surface area contributed by atoms with Crippen molar-refractivity contribution in [3.05, 3.63) is 53.8 Å². The van der Waals surface area contributed by atoms with Crippen LogP contribution >= 0.6 is 0 Å². The number of halogens is 7. The number of phenols is 1. The van der Waals surface area contributed by atoms with Crippen LogP contribution < -0.4 is 9.64 Å². The summed E-state index contributed by atoms with van der Waals surface area (Å²) in [4.78, 5) is 12.8. The van der Waals surface area contributed by atoms with Crippen LogP contribution in [0.5, 0.6) is 11.8 Å². The Morgan fingerprint density at radius 2 is 1.70 bits per heavy atom. The van der Waals surface area contributed by atoms with Crippen LogP contribution in [0.3, 0.4) is 0 Å². The molecule has 0 radical (unpaired) electrons. The van der Waals surface area contributed by atoms with Gasteiger partial charge in [-0.15, -0.1) is 0 Å². The van der Waals surface area contributed by atoms with Gasteiger partial charge in [-0.25, -0.2) is 17.6 Å². The van der Waals surface area contributed by atoms with E-state index in [4.69, 9.17) is 4.74 Å². The fraction of sp³-hybridized carbons (Fsp3) is 0.471. The molecular weight excluding hydrogens is 629 g/mol. The van der Waals surface area contributed by atoms with E-state index in [1.54, 1.807) is 4.90 Å². The number of hydrogen-bond acceptors (Lipinski definition) is 6. The number of rotatable bonds is 5. The van der Waals surface area contributed by atoms with E-state index >= 15 is 8.78 Å². The molecule has 4 atom stereocenters. The van der Waals surface area contributed by atoms with E-state index in [9.17, 15) is 27.1 Å². The third-order valence-electron chi connectivity index (χ3n) is 10.8. The van der Waals surface area contributed by atoms with Gasteiger partial charge in [0.25, 0.3) is 0 Å². The molecule has 4 heterocycles. The van der Waals surface area contributed by atoms with Gasteiger partial charge in [0.2, 0.25) is 0 Å². The van der Waals surface area contributed by atoms with Gasteiger partial charge in [0.1, 0.15) is 29.9 Å². The van der Waals surface area contributed by atoms with E-state index in [0.29, 0.717) is 19.3 Å². The summed E-state index contributed by atoms with van der Waals surface area (Å²) in [6.07, 6.45) is -2.69. The first-order chi connectivity index (χ1) is 22.4. The summed E-state index contributed by atoms with van der Waals surface area (Å²) in [5, 5.41) is 10.5. The predicted molar refractivity (Wildman–Crippen MR) is 161 cm³/mol. The highest BCUT2D eigenvalue weighted by Crippen LogP contribution is 2.51. The third kappa shape index (κ3) is 4.95. The van der Waals surface area contributed by atoms with Crippen LogP contribution in [-0.2, 0) is 0 Å². The van der Waals surface area contributed by atoms with E-state index in [-0.39, 0.29) is 83.0 Å². The Morgan fingerprint density at radius 3 is 2.45 bits per heavy atom. The van der Waals surface area contributed by atoms with Crippen LogP contribution in [0.15, 0.2) is 36.4 Å². The Balaban J connectivity index is 1.25. The van der Waals surface area contributed by atoms with Crippen molar-refractivity contribution in [3.63, 3.8) is 0 Å². The fourth-order valence-corrected chi connectivity index (χ4v) is 8.81.